The Labute approximate surface area is 265 Å². The van der Waals surface area contributed by atoms with Crippen LogP contribution in [0.3, 0.4) is 0 Å². The number of nitrogens with one attached hydrogen (secondary N) is 2. The highest BCUT2D eigenvalue weighted by Crippen LogP contribution is 2.35. The maximum Gasteiger partial charge on any atom is 0.416 e. The van der Waals surface area contributed by atoms with Gasteiger partial charge in [0.2, 0.25) is 5.95 Å². The number of nitrogens with zero attached hydrogens (tertiary/aromatic N) is 6. The van der Waals surface area contributed by atoms with Crippen LogP contribution in [-0.4, -0.2) is 85.2 Å². The average Bonchev–Trinajstić information content (AvgIpc) is 3.34. The first-order valence-corrected chi connectivity index (χ1v) is 15.0. The lowest BCUT2D eigenvalue weighted by molar-refractivity contribution is -0.138. The van der Waals surface area contributed by atoms with Gasteiger partial charge in [-0.15, -0.1) is 0 Å². The molecule has 0 radical (unpaired) electrons. The fourth-order valence-corrected chi connectivity index (χ4v) is 5.02. The number of carbonyl (C=O) groups is 2. The van der Waals surface area contributed by atoms with E-state index in [9.17, 15) is 22.8 Å². The monoisotopic (exact) mass is 644 g/mol. The van der Waals surface area contributed by atoms with E-state index >= 15 is 0 Å². The molecule has 2 aliphatic heterocycles. The molecule has 0 spiro atoms. The molecule has 12 nitrogen and oxygen atoms in total. The second-order valence-corrected chi connectivity index (χ2v) is 13.4. The molecule has 2 fully saturated rings. The summed E-state index contributed by atoms with van der Waals surface area (Å²) in [6, 6.07) is 4.95. The molecule has 0 saturated carbocycles. The number of ether oxygens (including phenoxy) is 2. The first-order valence-electron chi connectivity index (χ1n) is 15.0. The molecule has 3 amide bonds. The fraction of sp³-hybridized carbons (Fsp3) is 0.516. The van der Waals surface area contributed by atoms with Gasteiger partial charge in [-0.3, -0.25) is 4.68 Å². The second kappa shape index (κ2) is 12.4. The number of hydrogen-bond donors (Lipinski definition) is 2. The highest BCUT2D eigenvalue weighted by molar-refractivity contribution is 5.75. The van der Waals surface area contributed by atoms with Crippen LogP contribution in [0.4, 0.5) is 34.4 Å². The van der Waals surface area contributed by atoms with Gasteiger partial charge >= 0.3 is 18.3 Å². The molecule has 1 aromatic carbocycles. The first-order chi connectivity index (χ1) is 21.4. The lowest BCUT2D eigenvalue weighted by Gasteiger charge is -2.41. The summed E-state index contributed by atoms with van der Waals surface area (Å²) in [7, 11) is 0. The quantitative estimate of drug-likeness (QED) is 0.340. The lowest BCUT2D eigenvalue weighted by atomic mass is 10.0. The van der Waals surface area contributed by atoms with E-state index in [4.69, 9.17) is 9.47 Å². The summed E-state index contributed by atoms with van der Waals surface area (Å²) in [6.07, 6.45) is -0.353. The van der Waals surface area contributed by atoms with Crippen molar-refractivity contribution in [3.63, 3.8) is 0 Å². The molecule has 15 heteroatoms. The SMILES string of the molecule is CC(C)(C)OC(=O)N1CC(n2cc(Nc3nccc(-c4ccc(CNC(=O)N5CC(OC(C)(C)C)C5)c(C(F)(F)F)c4)n3)cn2)C1. The van der Waals surface area contributed by atoms with Crippen molar-refractivity contribution in [1.29, 1.82) is 0 Å². The highest BCUT2D eigenvalue weighted by atomic mass is 19.4. The predicted octanol–water partition coefficient (Wildman–Crippen LogP) is 5.60. The number of likely N-dealkylation sites (tertiary alicyclic amines) is 2. The maximum atomic E-state index is 14.1. The summed E-state index contributed by atoms with van der Waals surface area (Å²) in [5.74, 6) is 0.175. The van der Waals surface area contributed by atoms with Crippen molar-refractivity contribution in [3.05, 3.63) is 54.0 Å². The Bertz CT molecular complexity index is 1570. The Kier molecular flexibility index (Phi) is 8.90. The van der Waals surface area contributed by atoms with Crippen LogP contribution in [0.5, 0.6) is 0 Å². The second-order valence-electron chi connectivity index (χ2n) is 13.4. The number of amides is 3. The molecule has 0 unspecified atom stereocenters. The van der Waals surface area contributed by atoms with Gasteiger partial charge in [-0.25, -0.2) is 19.6 Å². The smallest absolute Gasteiger partial charge is 0.416 e. The molecule has 2 saturated heterocycles. The zero-order valence-electron chi connectivity index (χ0n) is 26.7. The minimum Gasteiger partial charge on any atom is -0.444 e. The third kappa shape index (κ3) is 8.24. The molecular formula is C31H39F3N8O4. The number of urea groups is 1. The van der Waals surface area contributed by atoms with Gasteiger partial charge in [-0.05, 0) is 59.2 Å². The van der Waals surface area contributed by atoms with E-state index in [2.05, 4.69) is 25.7 Å². The van der Waals surface area contributed by atoms with Crippen molar-refractivity contribution >= 4 is 23.8 Å². The Balaban J connectivity index is 1.20. The van der Waals surface area contributed by atoms with E-state index in [1.807, 2.05) is 41.5 Å². The van der Waals surface area contributed by atoms with Gasteiger partial charge in [0.25, 0.3) is 0 Å². The van der Waals surface area contributed by atoms with Crippen LogP contribution < -0.4 is 10.6 Å². The molecule has 46 heavy (non-hydrogen) atoms. The van der Waals surface area contributed by atoms with Crippen molar-refractivity contribution in [2.45, 2.75) is 77.6 Å². The zero-order valence-corrected chi connectivity index (χ0v) is 26.7. The first kappa shape index (κ1) is 33.0. The van der Waals surface area contributed by atoms with E-state index < -0.39 is 23.4 Å². The van der Waals surface area contributed by atoms with Gasteiger partial charge < -0.3 is 29.9 Å². The zero-order chi connectivity index (χ0) is 33.4. The van der Waals surface area contributed by atoms with Gasteiger partial charge in [0, 0.05) is 37.6 Å². The number of benzene rings is 1. The molecule has 2 N–H and O–H groups in total. The van der Waals surface area contributed by atoms with Crippen LogP contribution in [0, 0.1) is 0 Å². The predicted molar refractivity (Wildman–Crippen MR) is 163 cm³/mol. The molecular weight excluding hydrogens is 605 g/mol. The molecule has 0 aliphatic carbocycles. The third-order valence-electron chi connectivity index (χ3n) is 7.20. The molecule has 0 atom stereocenters. The topological polar surface area (TPSA) is 127 Å². The molecule has 5 rings (SSSR count). The normalized spacial score (nSPS) is 16.1. The Morgan fingerprint density at radius 3 is 2.35 bits per heavy atom. The summed E-state index contributed by atoms with van der Waals surface area (Å²) in [5.41, 5.74) is -0.743. The summed E-state index contributed by atoms with van der Waals surface area (Å²) >= 11 is 0. The fourth-order valence-electron chi connectivity index (χ4n) is 5.02. The average molecular weight is 645 g/mol. The number of hydrogen-bond acceptors (Lipinski definition) is 8. The minimum atomic E-state index is -4.65. The van der Waals surface area contributed by atoms with Crippen molar-refractivity contribution < 1.29 is 32.2 Å². The molecule has 0 bridgehead atoms. The van der Waals surface area contributed by atoms with Crippen LogP contribution in [0.25, 0.3) is 11.3 Å². The maximum absolute atomic E-state index is 14.1. The molecule has 2 aliphatic rings. The molecule has 3 aromatic rings. The van der Waals surface area contributed by atoms with Gasteiger partial charge in [0.05, 0.1) is 54.0 Å². The van der Waals surface area contributed by atoms with Gasteiger partial charge in [-0.2, -0.15) is 18.3 Å². The van der Waals surface area contributed by atoms with E-state index in [1.54, 1.807) is 22.0 Å². The van der Waals surface area contributed by atoms with Gasteiger partial charge in [0.15, 0.2) is 0 Å². The number of aromatic nitrogens is 4. The third-order valence-corrected chi connectivity index (χ3v) is 7.20. The number of anilines is 2. The number of halogens is 3. The minimum absolute atomic E-state index is 0.0234. The summed E-state index contributed by atoms with van der Waals surface area (Å²) in [4.78, 5) is 36.4. The van der Waals surface area contributed by atoms with Gasteiger partial charge in [0.1, 0.15) is 5.60 Å². The number of alkyl halides is 3. The highest BCUT2D eigenvalue weighted by Gasteiger charge is 2.37. The standard InChI is InChI=1S/C31H39F3N8O4/c1-29(2,3)45-23-17-40(18-23)27(43)36-12-20-8-7-19(11-24(20)31(32,33)34)25-9-10-35-26(39-25)38-21-13-37-42(14-21)22-15-41(16-22)28(44)46-30(4,5)6/h7-11,13-14,22-23H,12,15-18H2,1-6H3,(H,36,43)(H,35,38,39). The Morgan fingerprint density at radius 2 is 1.70 bits per heavy atom. The van der Waals surface area contributed by atoms with Gasteiger partial charge in [-0.1, -0.05) is 12.1 Å². The lowest BCUT2D eigenvalue weighted by Crippen LogP contribution is -2.59. The van der Waals surface area contributed by atoms with Crippen LogP contribution in [-0.2, 0) is 22.2 Å². The molecule has 4 heterocycles. The Hall–Kier alpha value is -4.40. The van der Waals surface area contributed by atoms with Crippen molar-refractivity contribution in [2.75, 3.05) is 31.5 Å². The number of rotatable bonds is 7. The van der Waals surface area contributed by atoms with Crippen LogP contribution >= 0.6 is 0 Å². The summed E-state index contributed by atoms with van der Waals surface area (Å²) < 4.78 is 55.2. The van der Waals surface area contributed by atoms with E-state index in [0.29, 0.717) is 31.9 Å². The summed E-state index contributed by atoms with van der Waals surface area (Å²) in [5, 5.41) is 9.98. The summed E-state index contributed by atoms with van der Waals surface area (Å²) in [6.45, 7) is 12.6. The number of carbonyl (C=O) groups excluding carboxylic acids is 2. The van der Waals surface area contributed by atoms with Crippen molar-refractivity contribution in [3.8, 4) is 11.3 Å². The molecule has 248 valence electrons. The van der Waals surface area contributed by atoms with E-state index in [1.165, 1.54) is 29.3 Å². The van der Waals surface area contributed by atoms with E-state index in [0.717, 1.165) is 6.07 Å². The van der Waals surface area contributed by atoms with E-state index in [-0.39, 0.29) is 53.2 Å². The van der Waals surface area contributed by atoms with Crippen molar-refractivity contribution in [2.24, 2.45) is 0 Å². The molecule has 2 aromatic heterocycles. The Morgan fingerprint density at radius 1 is 0.978 bits per heavy atom. The van der Waals surface area contributed by atoms with Crippen LogP contribution in [0.15, 0.2) is 42.9 Å². The largest absolute Gasteiger partial charge is 0.444 e. The van der Waals surface area contributed by atoms with Crippen LogP contribution in [0.1, 0.15) is 58.7 Å². The van der Waals surface area contributed by atoms with Crippen LogP contribution in [0.2, 0.25) is 0 Å². The van der Waals surface area contributed by atoms with Crippen molar-refractivity contribution in [1.82, 2.24) is 34.9 Å².